The molecule has 3 N–H and O–H groups in total. The highest BCUT2D eigenvalue weighted by atomic mass is 16.4. The summed E-state index contributed by atoms with van der Waals surface area (Å²) in [4.78, 5) is 12.9. The number of hydrazone groups is 1. The van der Waals surface area contributed by atoms with E-state index in [1.807, 2.05) is 30.0 Å². The molecule has 1 aliphatic rings. The number of benzene rings is 3. The Hall–Kier alpha value is -3.84. The van der Waals surface area contributed by atoms with Crippen molar-refractivity contribution in [3.8, 4) is 16.9 Å². The smallest absolute Gasteiger partial charge is 0.307 e. The van der Waals surface area contributed by atoms with Gasteiger partial charge in [0.1, 0.15) is 11.6 Å². The van der Waals surface area contributed by atoms with Gasteiger partial charge in [-0.25, -0.2) is 5.01 Å². The zero-order chi connectivity index (χ0) is 28.2. The largest absolute Gasteiger partial charge is 0.508 e. The maximum absolute atomic E-state index is 11.0. The minimum absolute atomic E-state index is 0.00698. The van der Waals surface area contributed by atoms with Crippen molar-refractivity contribution in [2.24, 2.45) is 5.10 Å². The number of hydrogen-bond acceptors (Lipinski definition) is 6. The highest BCUT2D eigenvalue weighted by Crippen LogP contribution is 2.28. The van der Waals surface area contributed by atoms with Crippen LogP contribution in [-0.4, -0.2) is 49.9 Å². The number of phenolic OH excluding ortho intramolecular Hbond substituents is 1. The molecule has 206 valence electrons. The number of aliphatic hydroxyl groups is 1. The van der Waals surface area contributed by atoms with E-state index < -0.39 is 12.3 Å². The highest BCUT2D eigenvalue weighted by Gasteiger charge is 2.30. The zero-order valence-corrected chi connectivity index (χ0v) is 23.3. The van der Waals surface area contributed by atoms with Gasteiger partial charge in [0.15, 0.2) is 0 Å². The molecule has 0 fully saturated rings. The van der Waals surface area contributed by atoms with Crippen LogP contribution in [0.1, 0.15) is 62.8 Å². The number of hydrogen-bond donors (Lipinski definition) is 3. The number of carboxylic acid groups (broad SMARTS) is 1. The fourth-order valence-electron chi connectivity index (χ4n) is 4.92. The van der Waals surface area contributed by atoms with Crippen LogP contribution in [0.4, 0.5) is 0 Å². The van der Waals surface area contributed by atoms with E-state index in [9.17, 15) is 15.0 Å². The quantitative estimate of drug-likeness (QED) is 0.310. The fourth-order valence-corrected chi connectivity index (χ4v) is 4.92. The van der Waals surface area contributed by atoms with Crippen molar-refractivity contribution in [1.82, 2.24) is 9.91 Å². The minimum Gasteiger partial charge on any atom is -0.508 e. The average Bonchev–Trinajstić information content (AvgIpc) is 3.18. The van der Waals surface area contributed by atoms with Crippen molar-refractivity contribution in [1.29, 1.82) is 0 Å². The number of aryl methyl sites for hydroxylation is 1. The Kier molecular flexibility index (Phi) is 8.60. The molecular formula is C32H39N3O4. The molecule has 1 unspecified atom stereocenters. The normalized spacial score (nSPS) is 15.5. The third kappa shape index (κ3) is 6.98. The van der Waals surface area contributed by atoms with Crippen LogP contribution in [0.25, 0.3) is 11.1 Å². The Morgan fingerprint density at radius 1 is 0.949 bits per heavy atom. The molecule has 7 heteroatoms. The van der Waals surface area contributed by atoms with E-state index in [-0.39, 0.29) is 17.6 Å². The van der Waals surface area contributed by atoms with Gasteiger partial charge in [0, 0.05) is 18.5 Å². The van der Waals surface area contributed by atoms with Gasteiger partial charge < -0.3 is 20.2 Å². The SMILES string of the molecule is CCN1C(CCCc2cccc(-c3ccc(CC(=O)O)c(O)c3)c2)=NN(Cc2ccc(C(C)(C)C)cc2)C1O. The van der Waals surface area contributed by atoms with Gasteiger partial charge in [-0.2, -0.15) is 5.10 Å². The lowest BCUT2D eigenvalue weighted by Gasteiger charge is -2.26. The summed E-state index contributed by atoms with van der Waals surface area (Å²) in [7, 11) is 0. The molecule has 39 heavy (non-hydrogen) atoms. The lowest BCUT2D eigenvalue weighted by atomic mass is 9.87. The summed E-state index contributed by atoms with van der Waals surface area (Å²) < 4.78 is 0. The predicted octanol–water partition coefficient (Wildman–Crippen LogP) is 5.73. The molecule has 0 amide bonds. The van der Waals surface area contributed by atoms with Crippen LogP contribution in [-0.2, 0) is 29.6 Å². The second kappa shape index (κ2) is 11.9. The van der Waals surface area contributed by atoms with Crippen molar-refractivity contribution >= 4 is 11.8 Å². The lowest BCUT2D eigenvalue weighted by molar-refractivity contribution is -0.136. The topological polar surface area (TPSA) is 96.6 Å². The van der Waals surface area contributed by atoms with Crippen molar-refractivity contribution in [2.45, 2.75) is 71.7 Å². The first-order chi connectivity index (χ1) is 18.5. The Labute approximate surface area is 231 Å². The van der Waals surface area contributed by atoms with Gasteiger partial charge in [-0.15, -0.1) is 0 Å². The van der Waals surface area contributed by atoms with E-state index >= 15 is 0 Å². The Morgan fingerprint density at radius 2 is 1.67 bits per heavy atom. The van der Waals surface area contributed by atoms with Crippen LogP contribution < -0.4 is 0 Å². The summed E-state index contributed by atoms with van der Waals surface area (Å²) in [6.45, 7) is 9.85. The van der Waals surface area contributed by atoms with Gasteiger partial charge in [-0.05, 0) is 59.1 Å². The van der Waals surface area contributed by atoms with E-state index in [1.165, 1.54) is 11.1 Å². The molecule has 1 heterocycles. The number of nitrogens with zero attached hydrogens (tertiary/aromatic N) is 3. The van der Waals surface area contributed by atoms with Crippen LogP contribution >= 0.6 is 0 Å². The van der Waals surface area contributed by atoms with Gasteiger partial charge >= 0.3 is 5.97 Å². The maximum atomic E-state index is 11.0. The summed E-state index contributed by atoms with van der Waals surface area (Å²) in [6.07, 6.45) is 1.49. The van der Waals surface area contributed by atoms with E-state index in [1.54, 1.807) is 17.1 Å². The molecule has 0 saturated heterocycles. The van der Waals surface area contributed by atoms with Gasteiger partial charge in [0.25, 0.3) is 0 Å². The van der Waals surface area contributed by atoms with Crippen LogP contribution in [0.5, 0.6) is 5.75 Å². The fraction of sp³-hybridized carbons (Fsp3) is 0.375. The van der Waals surface area contributed by atoms with E-state index in [2.05, 4.69) is 57.2 Å². The first kappa shape index (κ1) is 28.2. The molecule has 7 nitrogen and oxygen atoms in total. The molecule has 0 saturated carbocycles. The van der Waals surface area contributed by atoms with Crippen molar-refractivity contribution < 1.29 is 20.1 Å². The number of aromatic hydroxyl groups is 1. The standard InChI is InChI=1S/C32H39N3O4/c1-5-34-29(33-35(31(34)39)21-23-12-16-27(17-13-23)32(2,3)4)11-7-9-22-8-6-10-24(18-22)25-14-15-26(20-30(37)38)28(36)19-25/h6,8,10,12-19,31,36,39H,5,7,9,11,20-21H2,1-4H3,(H,37,38). The van der Waals surface area contributed by atoms with Crippen LogP contribution in [0.15, 0.2) is 71.8 Å². The first-order valence-corrected chi connectivity index (χ1v) is 13.6. The molecule has 0 aromatic heterocycles. The van der Waals surface area contributed by atoms with Crippen molar-refractivity contribution in [3.05, 3.63) is 89.0 Å². The molecule has 0 aliphatic carbocycles. The van der Waals surface area contributed by atoms with Crippen LogP contribution in [0.3, 0.4) is 0 Å². The van der Waals surface area contributed by atoms with Crippen LogP contribution in [0, 0.1) is 0 Å². The summed E-state index contributed by atoms with van der Waals surface area (Å²) in [6, 6.07) is 21.8. The Morgan fingerprint density at radius 3 is 2.31 bits per heavy atom. The third-order valence-corrected chi connectivity index (χ3v) is 7.18. The number of phenols is 1. The van der Waals surface area contributed by atoms with E-state index in [4.69, 9.17) is 10.2 Å². The Bertz CT molecular complexity index is 1330. The minimum atomic E-state index is -0.973. The van der Waals surface area contributed by atoms with Gasteiger partial charge in [-0.3, -0.25) is 4.79 Å². The molecule has 3 aromatic carbocycles. The molecule has 1 atom stereocenters. The number of aliphatic carboxylic acids is 1. The number of carboxylic acids is 1. The summed E-state index contributed by atoms with van der Waals surface area (Å²) in [5, 5.41) is 36.7. The molecule has 1 aliphatic heterocycles. The van der Waals surface area contributed by atoms with Crippen LogP contribution in [0.2, 0.25) is 0 Å². The third-order valence-electron chi connectivity index (χ3n) is 7.18. The summed E-state index contributed by atoms with van der Waals surface area (Å²) in [5.74, 6) is -0.0854. The number of carbonyl (C=O) groups is 1. The van der Waals surface area contributed by atoms with Gasteiger partial charge in [0.05, 0.1) is 13.0 Å². The first-order valence-electron chi connectivity index (χ1n) is 13.6. The van der Waals surface area contributed by atoms with Gasteiger partial charge in [-0.1, -0.05) is 81.4 Å². The number of amidine groups is 1. The number of aliphatic hydroxyl groups excluding tert-OH is 1. The monoisotopic (exact) mass is 529 g/mol. The molecular weight excluding hydrogens is 490 g/mol. The zero-order valence-electron chi connectivity index (χ0n) is 23.3. The molecule has 0 spiro atoms. The molecule has 4 rings (SSSR count). The second-order valence-electron chi connectivity index (χ2n) is 11.2. The van der Waals surface area contributed by atoms with E-state index in [0.29, 0.717) is 18.7 Å². The highest BCUT2D eigenvalue weighted by molar-refractivity contribution is 5.83. The maximum Gasteiger partial charge on any atom is 0.307 e. The molecule has 0 radical (unpaired) electrons. The Balaban J connectivity index is 1.38. The molecule has 3 aromatic rings. The predicted molar refractivity (Wildman–Crippen MR) is 154 cm³/mol. The average molecular weight is 530 g/mol. The van der Waals surface area contributed by atoms with Crippen molar-refractivity contribution in [3.63, 3.8) is 0 Å². The lowest BCUT2D eigenvalue weighted by Crippen LogP contribution is -2.41. The van der Waals surface area contributed by atoms with Gasteiger partial charge in [0.2, 0.25) is 6.35 Å². The van der Waals surface area contributed by atoms with Crippen molar-refractivity contribution in [2.75, 3.05) is 6.54 Å². The molecule has 0 bridgehead atoms. The van der Waals surface area contributed by atoms with E-state index in [0.717, 1.165) is 41.8 Å². The number of rotatable bonds is 10. The second-order valence-corrected chi connectivity index (χ2v) is 11.2. The summed E-state index contributed by atoms with van der Waals surface area (Å²) in [5.41, 5.74) is 5.87. The summed E-state index contributed by atoms with van der Waals surface area (Å²) >= 11 is 0.